The minimum atomic E-state index is -3.11. The highest BCUT2D eigenvalue weighted by Crippen LogP contribution is 2.29. The van der Waals surface area contributed by atoms with Crippen LogP contribution in [0, 0.1) is 5.92 Å². The van der Waals surface area contributed by atoms with Gasteiger partial charge in [0.25, 0.3) is 5.92 Å². The first-order valence-electron chi connectivity index (χ1n) is 6.57. The van der Waals surface area contributed by atoms with Gasteiger partial charge in [0.15, 0.2) is 6.61 Å². The Hall–Kier alpha value is -1.46. The summed E-state index contributed by atoms with van der Waals surface area (Å²) >= 11 is 0. The highest BCUT2D eigenvalue weighted by molar-refractivity contribution is 5.21. The molecule has 0 heterocycles. The molecule has 1 aromatic carbocycles. The van der Waals surface area contributed by atoms with E-state index < -0.39 is 30.7 Å². The molecule has 1 fully saturated rings. The molecule has 1 aliphatic carbocycles. The van der Waals surface area contributed by atoms with Crippen LogP contribution in [0.2, 0.25) is 0 Å². The van der Waals surface area contributed by atoms with E-state index in [2.05, 4.69) is 0 Å². The van der Waals surface area contributed by atoms with Gasteiger partial charge in [-0.25, -0.2) is 0 Å². The maximum Gasteiger partial charge on any atom is 0.299 e. The van der Waals surface area contributed by atoms with Gasteiger partial charge in [0.05, 0.1) is 12.2 Å². The number of aliphatic hydroxyl groups excluding tert-OH is 2. The lowest BCUT2D eigenvalue weighted by Gasteiger charge is -2.15. The summed E-state index contributed by atoms with van der Waals surface area (Å²) in [6.45, 7) is -0.751. The van der Waals surface area contributed by atoms with Crippen molar-refractivity contribution in [3.63, 3.8) is 0 Å². The molecule has 1 saturated carbocycles. The second-order valence-corrected chi connectivity index (χ2v) is 5.08. The van der Waals surface area contributed by atoms with E-state index in [9.17, 15) is 19.0 Å². The van der Waals surface area contributed by atoms with Crippen molar-refractivity contribution in [2.75, 3.05) is 6.61 Å². The Labute approximate surface area is 116 Å². The van der Waals surface area contributed by atoms with E-state index in [1.165, 1.54) is 6.08 Å². The van der Waals surface area contributed by atoms with E-state index in [0.29, 0.717) is 12.2 Å². The lowest BCUT2D eigenvalue weighted by Crippen LogP contribution is -2.23. The molecular formula is C15H18F2O3. The summed E-state index contributed by atoms with van der Waals surface area (Å²) in [5.74, 6) is -3.15. The van der Waals surface area contributed by atoms with Gasteiger partial charge in [-0.05, 0) is 31.1 Å². The molecule has 110 valence electrons. The van der Waals surface area contributed by atoms with Crippen molar-refractivity contribution >= 4 is 0 Å². The molecule has 3 nitrogen and oxygen atoms in total. The summed E-state index contributed by atoms with van der Waals surface area (Å²) in [5.41, 5.74) is 0. The summed E-state index contributed by atoms with van der Waals surface area (Å²) in [6.07, 6.45) is 1.20. The summed E-state index contributed by atoms with van der Waals surface area (Å²) in [6, 6.07) is 8.41. The van der Waals surface area contributed by atoms with Crippen LogP contribution in [0.4, 0.5) is 8.78 Å². The van der Waals surface area contributed by atoms with E-state index in [4.69, 9.17) is 4.74 Å². The van der Waals surface area contributed by atoms with Crippen LogP contribution < -0.4 is 4.74 Å². The fourth-order valence-electron chi connectivity index (χ4n) is 2.24. The molecule has 0 radical (unpaired) electrons. The minimum Gasteiger partial charge on any atom is -0.487 e. The zero-order chi connectivity index (χ0) is 14.6. The number of alkyl halides is 2. The molecule has 2 rings (SSSR count). The maximum atomic E-state index is 13.6. The summed E-state index contributed by atoms with van der Waals surface area (Å²) < 4.78 is 32.3. The van der Waals surface area contributed by atoms with Crippen molar-refractivity contribution in [3.05, 3.63) is 42.5 Å². The largest absolute Gasteiger partial charge is 0.487 e. The molecule has 20 heavy (non-hydrogen) atoms. The second kappa shape index (κ2) is 6.33. The fraction of sp³-hybridized carbons (Fsp3) is 0.467. The molecule has 0 saturated heterocycles. The molecule has 0 bridgehead atoms. The number of halogens is 2. The monoisotopic (exact) mass is 284 g/mol. The van der Waals surface area contributed by atoms with Crippen LogP contribution in [0.5, 0.6) is 5.75 Å². The smallest absolute Gasteiger partial charge is 0.299 e. The molecule has 0 aliphatic heterocycles. The molecule has 3 atom stereocenters. The molecule has 0 amide bonds. The van der Waals surface area contributed by atoms with Gasteiger partial charge in [0.2, 0.25) is 0 Å². The lowest BCUT2D eigenvalue weighted by molar-refractivity contribution is 0.00430. The third-order valence-electron chi connectivity index (χ3n) is 3.31. The maximum absolute atomic E-state index is 13.6. The predicted octanol–water partition coefficient (Wildman–Crippen LogP) is 2.39. The summed E-state index contributed by atoms with van der Waals surface area (Å²) in [5, 5.41) is 18.9. The van der Waals surface area contributed by atoms with Crippen molar-refractivity contribution in [3.8, 4) is 5.75 Å². The van der Waals surface area contributed by atoms with Gasteiger partial charge in [0, 0.05) is 5.92 Å². The first-order valence-corrected chi connectivity index (χ1v) is 6.57. The van der Waals surface area contributed by atoms with Crippen molar-refractivity contribution in [2.24, 2.45) is 5.92 Å². The highest BCUT2D eigenvalue weighted by Gasteiger charge is 2.32. The van der Waals surface area contributed by atoms with Crippen LogP contribution in [-0.2, 0) is 0 Å². The van der Waals surface area contributed by atoms with Gasteiger partial charge in [0.1, 0.15) is 5.75 Å². The van der Waals surface area contributed by atoms with Crippen molar-refractivity contribution in [2.45, 2.75) is 31.0 Å². The van der Waals surface area contributed by atoms with Crippen LogP contribution in [0.15, 0.2) is 42.5 Å². The number of hydrogen-bond acceptors (Lipinski definition) is 3. The van der Waals surface area contributed by atoms with Gasteiger partial charge < -0.3 is 14.9 Å². The Balaban J connectivity index is 1.87. The van der Waals surface area contributed by atoms with Gasteiger partial charge in [-0.1, -0.05) is 24.3 Å². The summed E-state index contributed by atoms with van der Waals surface area (Å²) in [7, 11) is 0. The van der Waals surface area contributed by atoms with Crippen LogP contribution in [0.3, 0.4) is 0 Å². The standard InChI is InChI=1S/C15H18F2O3/c16-15(17,10-20-13-4-2-1-3-5-13)7-6-11-8-12(18)9-14(11)19/h1-7,11-12,14,18-19H,8-10H2/b7-6+. The van der Waals surface area contributed by atoms with Crippen molar-refractivity contribution in [1.29, 1.82) is 0 Å². The van der Waals surface area contributed by atoms with E-state index in [-0.39, 0.29) is 6.42 Å². The van der Waals surface area contributed by atoms with Gasteiger partial charge in [-0.2, -0.15) is 8.78 Å². The third kappa shape index (κ3) is 4.28. The van der Waals surface area contributed by atoms with E-state index in [1.807, 2.05) is 0 Å². The van der Waals surface area contributed by atoms with Gasteiger partial charge in [-0.3, -0.25) is 0 Å². The topological polar surface area (TPSA) is 49.7 Å². The molecular weight excluding hydrogens is 266 g/mol. The molecule has 0 aromatic heterocycles. The highest BCUT2D eigenvalue weighted by atomic mass is 19.3. The summed E-state index contributed by atoms with van der Waals surface area (Å²) in [4.78, 5) is 0. The Morgan fingerprint density at radius 3 is 2.50 bits per heavy atom. The molecule has 5 heteroatoms. The molecule has 3 unspecified atom stereocenters. The van der Waals surface area contributed by atoms with Crippen LogP contribution in [0.25, 0.3) is 0 Å². The van der Waals surface area contributed by atoms with Crippen molar-refractivity contribution in [1.82, 2.24) is 0 Å². The first kappa shape index (κ1) is 14.9. The number of benzene rings is 1. The zero-order valence-electron chi connectivity index (χ0n) is 11.0. The molecule has 2 N–H and O–H groups in total. The lowest BCUT2D eigenvalue weighted by atomic mass is 10.0. The predicted molar refractivity (Wildman–Crippen MR) is 70.8 cm³/mol. The number of aliphatic hydroxyl groups is 2. The Morgan fingerprint density at radius 2 is 1.90 bits per heavy atom. The molecule has 1 aliphatic rings. The van der Waals surface area contributed by atoms with Gasteiger partial charge in [-0.15, -0.1) is 0 Å². The van der Waals surface area contributed by atoms with Crippen LogP contribution >= 0.6 is 0 Å². The number of ether oxygens (including phenoxy) is 1. The minimum absolute atomic E-state index is 0.237. The first-order chi connectivity index (χ1) is 9.46. The third-order valence-corrected chi connectivity index (χ3v) is 3.31. The van der Waals surface area contributed by atoms with Crippen LogP contribution in [0.1, 0.15) is 12.8 Å². The molecule has 1 aromatic rings. The molecule has 0 spiro atoms. The van der Waals surface area contributed by atoms with E-state index in [1.54, 1.807) is 30.3 Å². The van der Waals surface area contributed by atoms with Crippen molar-refractivity contribution < 1.29 is 23.7 Å². The van der Waals surface area contributed by atoms with Gasteiger partial charge >= 0.3 is 0 Å². The average molecular weight is 284 g/mol. The Bertz CT molecular complexity index is 448. The van der Waals surface area contributed by atoms with E-state index >= 15 is 0 Å². The number of para-hydroxylation sites is 1. The zero-order valence-corrected chi connectivity index (χ0v) is 11.0. The Kier molecular flexibility index (Phi) is 4.73. The fourth-order valence-corrected chi connectivity index (χ4v) is 2.24. The number of rotatable bonds is 5. The number of hydrogen-bond donors (Lipinski definition) is 2. The average Bonchev–Trinajstić information content (AvgIpc) is 2.74. The van der Waals surface area contributed by atoms with Crippen LogP contribution in [-0.4, -0.2) is 35.0 Å². The SMILES string of the molecule is OC1CC(O)C(/C=C/C(F)(F)COc2ccccc2)C1. The normalized spacial score (nSPS) is 27.1. The second-order valence-electron chi connectivity index (χ2n) is 5.08. The Morgan fingerprint density at radius 1 is 1.20 bits per heavy atom. The quantitative estimate of drug-likeness (QED) is 0.816. The van der Waals surface area contributed by atoms with E-state index in [0.717, 1.165) is 6.08 Å².